The standard InChI is InChI=1S/C20H30BrNOS/c1-15(14-24-18-8-6-17(21)7-9-18)13-22-12-11-16(20(2,3)4)5-10-19(22)23/h6-9,15-16H,5,10-14H2,1-4H3. The molecule has 0 aliphatic carbocycles. The average molecular weight is 412 g/mol. The van der Waals surface area contributed by atoms with Crippen LogP contribution in [0.4, 0.5) is 0 Å². The highest BCUT2D eigenvalue weighted by Gasteiger charge is 2.30. The summed E-state index contributed by atoms with van der Waals surface area (Å²) < 4.78 is 1.11. The Hall–Kier alpha value is -0.480. The van der Waals surface area contributed by atoms with E-state index in [0.717, 1.165) is 36.2 Å². The van der Waals surface area contributed by atoms with Crippen LogP contribution in [0.15, 0.2) is 33.6 Å². The van der Waals surface area contributed by atoms with Crippen LogP contribution in [-0.2, 0) is 4.79 Å². The molecule has 1 saturated heterocycles. The van der Waals surface area contributed by atoms with Gasteiger partial charge >= 0.3 is 0 Å². The molecular weight excluding hydrogens is 382 g/mol. The van der Waals surface area contributed by atoms with E-state index in [2.05, 4.69) is 72.8 Å². The van der Waals surface area contributed by atoms with Gasteiger partial charge in [-0.25, -0.2) is 0 Å². The molecule has 1 aromatic rings. The summed E-state index contributed by atoms with van der Waals surface area (Å²) in [6.45, 7) is 11.0. The zero-order chi connectivity index (χ0) is 17.7. The lowest BCUT2D eigenvalue weighted by Crippen LogP contribution is -2.35. The van der Waals surface area contributed by atoms with Crippen molar-refractivity contribution >= 4 is 33.6 Å². The number of hydrogen-bond donors (Lipinski definition) is 0. The smallest absolute Gasteiger partial charge is 0.222 e. The zero-order valence-electron chi connectivity index (χ0n) is 15.3. The van der Waals surface area contributed by atoms with Gasteiger partial charge in [-0.3, -0.25) is 4.79 Å². The van der Waals surface area contributed by atoms with E-state index < -0.39 is 0 Å². The molecule has 0 N–H and O–H groups in total. The maximum Gasteiger partial charge on any atom is 0.222 e. The molecule has 0 bridgehead atoms. The lowest BCUT2D eigenvalue weighted by atomic mass is 9.77. The molecule has 0 aromatic heterocycles. The van der Waals surface area contributed by atoms with Gasteiger partial charge in [0.1, 0.15) is 0 Å². The molecule has 0 saturated carbocycles. The van der Waals surface area contributed by atoms with E-state index >= 15 is 0 Å². The van der Waals surface area contributed by atoms with Crippen molar-refractivity contribution in [2.75, 3.05) is 18.8 Å². The van der Waals surface area contributed by atoms with Crippen LogP contribution in [0.2, 0.25) is 0 Å². The largest absolute Gasteiger partial charge is 0.342 e. The predicted octanol–water partition coefficient (Wildman–Crippen LogP) is 5.85. The first-order valence-corrected chi connectivity index (χ1v) is 10.7. The number of benzene rings is 1. The number of halogens is 1. The molecule has 2 nitrogen and oxygen atoms in total. The fourth-order valence-corrected chi connectivity index (χ4v) is 4.47. The Morgan fingerprint density at radius 3 is 2.54 bits per heavy atom. The van der Waals surface area contributed by atoms with E-state index in [0.29, 0.717) is 29.6 Å². The predicted molar refractivity (Wildman–Crippen MR) is 107 cm³/mol. The molecule has 134 valence electrons. The fourth-order valence-electron chi connectivity index (χ4n) is 3.29. The zero-order valence-corrected chi connectivity index (χ0v) is 17.8. The van der Waals surface area contributed by atoms with Crippen molar-refractivity contribution in [1.29, 1.82) is 0 Å². The minimum Gasteiger partial charge on any atom is -0.342 e. The van der Waals surface area contributed by atoms with Gasteiger partial charge in [-0.15, -0.1) is 11.8 Å². The van der Waals surface area contributed by atoms with Crippen molar-refractivity contribution in [2.45, 2.75) is 51.9 Å². The highest BCUT2D eigenvalue weighted by molar-refractivity contribution is 9.10. The van der Waals surface area contributed by atoms with Crippen LogP contribution in [0, 0.1) is 17.3 Å². The molecule has 1 aromatic carbocycles. The molecular formula is C20H30BrNOS. The molecule has 1 amide bonds. The third-order valence-corrected chi connectivity index (χ3v) is 6.78. The Balaban J connectivity index is 1.83. The molecule has 1 heterocycles. The van der Waals surface area contributed by atoms with Crippen LogP contribution < -0.4 is 0 Å². The monoisotopic (exact) mass is 411 g/mol. The van der Waals surface area contributed by atoms with E-state index in [1.807, 2.05) is 11.8 Å². The second kappa shape index (κ2) is 8.75. The number of rotatable bonds is 5. The number of likely N-dealkylation sites (tertiary alicyclic amines) is 1. The summed E-state index contributed by atoms with van der Waals surface area (Å²) in [4.78, 5) is 15.8. The highest BCUT2D eigenvalue weighted by Crippen LogP contribution is 2.34. The van der Waals surface area contributed by atoms with Crippen LogP contribution >= 0.6 is 27.7 Å². The maximum atomic E-state index is 12.4. The SMILES string of the molecule is CC(CSc1ccc(Br)cc1)CN1CCC(C(C)(C)C)CCC1=O. The van der Waals surface area contributed by atoms with Crippen molar-refractivity contribution in [1.82, 2.24) is 4.90 Å². The number of hydrogen-bond acceptors (Lipinski definition) is 2. The van der Waals surface area contributed by atoms with E-state index in [9.17, 15) is 4.79 Å². The molecule has 2 rings (SSSR count). The van der Waals surface area contributed by atoms with Gasteiger partial charge < -0.3 is 4.90 Å². The van der Waals surface area contributed by atoms with E-state index in [4.69, 9.17) is 0 Å². The van der Waals surface area contributed by atoms with Gasteiger partial charge in [0.2, 0.25) is 5.91 Å². The van der Waals surface area contributed by atoms with Crippen LogP contribution in [0.1, 0.15) is 47.0 Å². The topological polar surface area (TPSA) is 20.3 Å². The maximum absolute atomic E-state index is 12.4. The van der Waals surface area contributed by atoms with Crippen LogP contribution in [0.3, 0.4) is 0 Å². The van der Waals surface area contributed by atoms with E-state index in [1.54, 1.807) is 0 Å². The van der Waals surface area contributed by atoms with Crippen LogP contribution in [0.25, 0.3) is 0 Å². The van der Waals surface area contributed by atoms with Crippen LogP contribution in [0.5, 0.6) is 0 Å². The van der Waals surface area contributed by atoms with Crippen molar-refractivity contribution in [3.8, 4) is 0 Å². The van der Waals surface area contributed by atoms with Crippen LogP contribution in [-0.4, -0.2) is 29.6 Å². The summed E-state index contributed by atoms with van der Waals surface area (Å²) in [5.41, 5.74) is 0.305. The van der Waals surface area contributed by atoms with Gasteiger partial charge in [0, 0.05) is 34.6 Å². The van der Waals surface area contributed by atoms with E-state index in [-0.39, 0.29) is 0 Å². The Morgan fingerprint density at radius 2 is 1.92 bits per heavy atom. The molecule has 2 unspecified atom stereocenters. The lowest BCUT2D eigenvalue weighted by molar-refractivity contribution is -0.131. The number of thioether (sulfide) groups is 1. The molecule has 1 aliphatic heterocycles. The highest BCUT2D eigenvalue weighted by atomic mass is 79.9. The van der Waals surface area contributed by atoms with Gasteiger partial charge in [0.25, 0.3) is 0 Å². The fraction of sp³-hybridized carbons (Fsp3) is 0.650. The molecule has 1 aliphatic rings. The van der Waals surface area contributed by atoms with E-state index in [1.165, 1.54) is 4.90 Å². The number of amides is 1. The average Bonchev–Trinajstić information content (AvgIpc) is 2.69. The lowest BCUT2D eigenvalue weighted by Gasteiger charge is -2.30. The molecule has 24 heavy (non-hydrogen) atoms. The van der Waals surface area contributed by atoms with Gasteiger partial charge in [-0.05, 0) is 54.4 Å². The van der Waals surface area contributed by atoms with Gasteiger partial charge in [-0.2, -0.15) is 0 Å². The first-order valence-electron chi connectivity index (χ1n) is 8.92. The van der Waals surface area contributed by atoms with Crippen molar-refractivity contribution in [3.05, 3.63) is 28.7 Å². The summed E-state index contributed by atoms with van der Waals surface area (Å²) in [5, 5.41) is 0. The second-order valence-corrected chi connectivity index (χ2v) is 10.1. The Bertz CT molecular complexity index is 538. The quantitative estimate of drug-likeness (QED) is 0.565. The van der Waals surface area contributed by atoms with Crippen molar-refractivity contribution in [2.24, 2.45) is 17.3 Å². The number of carbonyl (C=O) groups is 1. The minimum absolute atomic E-state index is 0.305. The first kappa shape index (κ1) is 19.8. The third-order valence-electron chi connectivity index (χ3n) is 4.91. The molecule has 2 atom stereocenters. The third kappa shape index (κ3) is 6.11. The number of carbonyl (C=O) groups excluding carboxylic acids is 1. The Kier molecular flexibility index (Phi) is 7.23. The minimum atomic E-state index is 0.305. The molecule has 4 heteroatoms. The molecule has 0 radical (unpaired) electrons. The van der Waals surface area contributed by atoms with Gasteiger partial charge in [-0.1, -0.05) is 43.6 Å². The summed E-state index contributed by atoms with van der Waals surface area (Å²) >= 11 is 5.35. The molecule has 1 fully saturated rings. The number of nitrogens with zero attached hydrogens (tertiary/aromatic N) is 1. The van der Waals surface area contributed by atoms with Crippen molar-refractivity contribution in [3.63, 3.8) is 0 Å². The van der Waals surface area contributed by atoms with Gasteiger partial charge in [0.15, 0.2) is 0 Å². The Labute approximate surface area is 159 Å². The summed E-state index contributed by atoms with van der Waals surface area (Å²) in [5.74, 6) is 2.56. The second-order valence-electron chi connectivity index (χ2n) is 8.10. The Morgan fingerprint density at radius 1 is 1.25 bits per heavy atom. The normalized spacial score (nSPS) is 20.8. The first-order chi connectivity index (χ1) is 11.3. The molecule has 0 spiro atoms. The van der Waals surface area contributed by atoms with Crippen molar-refractivity contribution < 1.29 is 4.79 Å². The summed E-state index contributed by atoms with van der Waals surface area (Å²) in [6, 6.07) is 8.45. The summed E-state index contributed by atoms with van der Waals surface area (Å²) in [7, 11) is 0. The summed E-state index contributed by atoms with van der Waals surface area (Å²) in [6.07, 6.45) is 2.90. The van der Waals surface area contributed by atoms with Gasteiger partial charge in [0.05, 0.1) is 0 Å².